The molecule has 0 amide bonds. The third kappa shape index (κ3) is 3.47. The van der Waals surface area contributed by atoms with E-state index in [0.29, 0.717) is 22.6 Å². The van der Waals surface area contributed by atoms with Crippen molar-refractivity contribution in [2.45, 2.75) is 11.0 Å². The first kappa shape index (κ1) is 23.3. The number of aliphatic hydroxyl groups excluding tert-OH is 1. The molecule has 0 aliphatic heterocycles. The Balaban J connectivity index is 2.19. The summed E-state index contributed by atoms with van der Waals surface area (Å²) in [5, 5.41) is 23.6. The zero-order valence-electron chi connectivity index (χ0n) is 19.1. The van der Waals surface area contributed by atoms with Gasteiger partial charge in [-0.15, -0.1) is 0 Å². The van der Waals surface area contributed by atoms with E-state index in [4.69, 9.17) is 9.47 Å². The van der Waals surface area contributed by atoms with E-state index in [9.17, 15) is 15.2 Å². The fourth-order valence-electron chi connectivity index (χ4n) is 5.17. The molecular weight excluding hydrogens is 430 g/mol. The van der Waals surface area contributed by atoms with Crippen molar-refractivity contribution in [3.05, 3.63) is 130 Å². The normalized spacial score (nSPS) is 19.6. The molecule has 0 aromatic heterocycles. The van der Waals surface area contributed by atoms with Crippen LogP contribution in [0.25, 0.3) is 0 Å². The second kappa shape index (κ2) is 9.53. The first-order valence-corrected chi connectivity index (χ1v) is 11.0. The van der Waals surface area contributed by atoms with Crippen molar-refractivity contribution in [1.29, 1.82) is 0 Å². The van der Waals surface area contributed by atoms with E-state index in [1.165, 1.54) is 0 Å². The molecule has 0 fully saturated rings. The first-order chi connectivity index (χ1) is 16.5. The maximum Gasteiger partial charge on any atom is 0.266 e. The third-order valence-corrected chi connectivity index (χ3v) is 6.72. The van der Waals surface area contributed by atoms with Gasteiger partial charge in [0.2, 0.25) is 0 Å². The number of rotatable bonds is 8. The van der Waals surface area contributed by atoms with Crippen molar-refractivity contribution in [2.75, 3.05) is 20.8 Å². The molecule has 1 aliphatic rings. The molecule has 0 heterocycles. The van der Waals surface area contributed by atoms with Crippen LogP contribution in [0.1, 0.15) is 16.7 Å². The molecule has 3 aromatic carbocycles. The minimum absolute atomic E-state index is 0.255. The van der Waals surface area contributed by atoms with Gasteiger partial charge >= 0.3 is 0 Å². The maximum atomic E-state index is 13.2. The standard InChI is InChI=1S/C28H27NO5/c1-33-25-15-11-22(12-16-25)28(21-8-4-3-5-9-21,23-13-17-26(34-2)18-14-23)27(29(31)32)19-7-6-10-24(27)20-30/h3-19,24,30H,20H2,1-2H3. The number of hydrogen-bond acceptors (Lipinski definition) is 5. The number of benzene rings is 3. The fraction of sp³-hybridized carbons (Fsp3) is 0.214. The minimum Gasteiger partial charge on any atom is -0.497 e. The second-order valence-corrected chi connectivity index (χ2v) is 8.19. The van der Waals surface area contributed by atoms with Gasteiger partial charge in [-0.3, -0.25) is 10.1 Å². The van der Waals surface area contributed by atoms with Crippen LogP contribution in [0.15, 0.2) is 103 Å². The summed E-state index contributed by atoms with van der Waals surface area (Å²) in [4.78, 5) is 13.0. The summed E-state index contributed by atoms with van der Waals surface area (Å²) in [5.74, 6) is 0.513. The number of allylic oxidation sites excluding steroid dienone is 2. The number of hydrogen-bond donors (Lipinski definition) is 1. The minimum atomic E-state index is -1.72. The first-order valence-electron chi connectivity index (χ1n) is 11.0. The lowest BCUT2D eigenvalue weighted by molar-refractivity contribution is -0.573. The zero-order chi connectivity index (χ0) is 24.2. The SMILES string of the molecule is COc1ccc(C(c2ccccc2)(c2ccc(OC)cc2)C2([N+](=O)[O-])C=CC=CC2CO)cc1. The quantitative estimate of drug-likeness (QED) is 0.299. The summed E-state index contributed by atoms with van der Waals surface area (Å²) in [6, 6.07) is 24.1. The summed E-state index contributed by atoms with van der Waals surface area (Å²) in [6.07, 6.45) is 6.78. The predicted octanol–water partition coefficient (Wildman–Crippen LogP) is 4.79. The number of aliphatic hydroxyl groups is 1. The largest absolute Gasteiger partial charge is 0.497 e. The molecule has 6 nitrogen and oxygen atoms in total. The van der Waals surface area contributed by atoms with Crippen molar-refractivity contribution in [3.63, 3.8) is 0 Å². The van der Waals surface area contributed by atoms with Gasteiger partial charge < -0.3 is 14.6 Å². The highest BCUT2D eigenvalue weighted by atomic mass is 16.6. The Morgan fingerprint density at radius 1 is 0.853 bits per heavy atom. The smallest absolute Gasteiger partial charge is 0.266 e. The van der Waals surface area contributed by atoms with Gasteiger partial charge in [0.1, 0.15) is 16.9 Å². The van der Waals surface area contributed by atoms with Gasteiger partial charge in [-0.25, -0.2) is 0 Å². The molecular formula is C28H27NO5. The number of methoxy groups -OCH3 is 2. The molecule has 3 aromatic rings. The molecule has 6 heteroatoms. The van der Waals surface area contributed by atoms with Gasteiger partial charge in [0.05, 0.1) is 26.7 Å². The Hall–Kier alpha value is -3.90. The Bertz CT molecular complexity index is 1140. The summed E-state index contributed by atoms with van der Waals surface area (Å²) >= 11 is 0. The number of nitro groups is 1. The van der Waals surface area contributed by atoms with E-state index in [0.717, 1.165) is 5.56 Å². The van der Waals surface area contributed by atoms with Crippen LogP contribution in [-0.4, -0.2) is 36.4 Å². The average molecular weight is 458 g/mol. The second-order valence-electron chi connectivity index (χ2n) is 8.19. The Morgan fingerprint density at radius 2 is 1.35 bits per heavy atom. The van der Waals surface area contributed by atoms with Gasteiger partial charge in [0.15, 0.2) is 0 Å². The van der Waals surface area contributed by atoms with Crippen LogP contribution in [-0.2, 0) is 5.41 Å². The maximum absolute atomic E-state index is 13.2. The van der Waals surface area contributed by atoms with E-state index < -0.39 is 16.9 Å². The lowest BCUT2D eigenvalue weighted by Crippen LogP contribution is -2.62. The molecule has 2 atom stereocenters. The van der Waals surface area contributed by atoms with E-state index in [-0.39, 0.29) is 11.5 Å². The van der Waals surface area contributed by atoms with Crippen LogP contribution in [0.4, 0.5) is 0 Å². The van der Waals surface area contributed by atoms with Crippen LogP contribution < -0.4 is 9.47 Å². The van der Waals surface area contributed by atoms with Crippen LogP contribution in [0.5, 0.6) is 11.5 Å². The van der Waals surface area contributed by atoms with Gasteiger partial charge in [-0.1, -0.05) is 72.8 Å². The summed E-state index contributed by atoms with van der Waals surface area (Å²) in [6.45, 7) is -0.386. The summed E-state index contributed by atoms with van der Waals surface area (Å²) in [5.41, 5.74) is -0.855. The summed E-state index contributed by atoms with van der Waals surface area (Å²) in [7, 11) is 3.16. The number of nitrogens with zero attached hydrogens (tertiary/aromatic N) is 1. The van der Waals surface area contributed by atoms with Gasteiger partial charge in [-0.05, 0) is 47.0 Å². The lowest BCUT2D eigenvalue weighted by atomic mass is 9.53. The monoisotopic (exact) mass is 457 g/mol. The van der Waals surface area contributed by atoms with Crippen molar-refractivity contribution < 1.29 is 19.5 Å². The highest BCUT2D eigenvalue weighted by Gasteiger charge is 2.66. The predicted molar refractivity (Wildman–Crippen MR) is 131 cm³/mol. The molecule has 0 saturated carbocycles. The van der Waals surface area contributed by atoms with Crippen LogP contribution in [0.2, 0.25) is 0 Å². The Labute approximate surface area is 198 Å². The van der Waals surface area contributed by atoms with Crippen molar-refractivity contribution in [2.24, 2.45) is 5.92 Å². The van der Waals surface area contributed by atoms with Gasteiger partial charge in [0, 0.05) is 4.92 Å². The van der Waals surface area contributed by atoms with Crippen LogP contribution >= 0.6 is 0 Å². The van der Waals surface area contributed by atoms with Crippen LogP contribution in [0.3, 0.4) is 0 Å². The molecule has 174 valence electrons. The third-order valence-electron chi connectivity index (χ3n) is 6.72. The zero-order valence-corrected chi connectivity index (χ0v) is 19.1. The lowest BCUT2D eigenvalue weighted by Gasteiger charge is -2.47. The van der Waals surface area contributed by atoms with Crippen molar-refractivity contribution >= 4 is 0 Å². The highest BCUT2D eigenvalue weighted by Crippen LogP contribution is 2.54. The highest BCUT2D eigenvalue weighted by molar-refractivity contribution is 5.58. The topological polar surface area (TPSA) is 81.8 Å². The molecule has 0 spiro atoms. The molecule has 0 bridgehead atoms. The van der Waals surface area contributed by atoms with E-state index in [2.05, 4.69) is 0 Å². The van der Waals surface area contributed by atoms with E-state index in [1.54, 1.807) is 62.8 Å². The molecule has 34 heavy (non-hydrogen) atoms. The van der Waals surface area contributed by atoms with Crippen molar-refractivity contribution in [1.82, 2.24) is 0 Å². The Kier molecular flexibility index (Phi) is 6.52. The van der Waals surface area contributed by atoms with Gasteiger partial charge in [0.25, 0.3) is 5.54 Å². The van der Waals surface area contributed by atoms with Crippen molar-refractivity contribution in [3.8, 4) is 11.5 Å². The Morgan fingerprint density at radius 3 is 1.79 bits per heavy atom. The van der Waals surface area contributed by atoms with Gasteiger partial charge in [-0.2, -0.15) is 0 Å². The molecule has 1 N–H and O–H groups in total. The van der Waals surface area contributed by atoms with E-state index >= 15 is 0 Å². The molecule has 4 rings (SSSR count). The molecule has 1 aliphatic carbocycles. The molecule has 2 unspecified atom stereocenters. The van der Waals surface area contributed by atoms with Crippen LogP contribution in [0, 0.1) is 16.0 Å². The molecule has 0 saturated heterocycles. The molecule has 0 radical (unpaired) electrons. The summed E-state index contributed by atoms with van der Waals surface area (Å²) < 4.78 is 10.7. The average Bonchev–Trinajstić information content (AvgIpc) is 2.90. The van der Waals surface area contributed by atoms with E-state index in [1.807, 2.05) is 54.6 Å². The number of ether oxygens (including phenoxy) is 2. The fourth-order valence-corrected chi connectivity index (χ4v) is 5.17.